The first-order valence-corrected chi connectivity index (χ1v) is 6.87. The predicted molar refractivity (Wildman–Crippen MR) is 57.0 cm³/mol. The zero-order valence-electron chi connectivity index (χ0n) is 9.50. The van der Waals surface area contributed by atoms with Crippen LogP contribution in [0.5, 0.6) is 0 Å². The molecule has 0 aliphatic heterocycles. The number of alkyl halides is 3. The van der Waals surface area contributed by atoms with E-state index in [0.29, 0.717) is 0 Å². The number of carboxylic acid groups (broad SMARTS) is 2. The normalized spacial score (nSPS) is 18.4. The Morgan fingerprint density at radius 3 is 2.05 bits per heavy atom. The molecule has 0 saturated heterocycles. The number of carbonyl (C=O) groups is 2. The quantitative estimate of drug-likeness (QED) is 0.501. The highest BCUT2D eigenvalue weighted by Gasteiger charge is 2.51. The molecule has 3 atom stereocenters. The Bertz CT molecular complexity index is 398. The van der Waals surface area contributed by atoms with E-state index in [0.717, 1.165) is 0 Å². The maximum atomic E-state index is 12.5. The molecule has 0 aromatic carbocycles. The van der Waals surface area contributed by atoms with Crippen LogP contribution in [0.25, 0.3) is 0 Å². The minimum Gasteiger partial charge on any atom is -0.481 e. The smallest absolute Gasteiger partial charge is 0.401 e. The summed E-state index contributed by atoms with van der Waals surface area (Å²) in [5, 5.41) is 16.7. The highest BCUT2D eigenvalue weighted by atomic mass is 31.2. The Balaban J connectivity index is 4.94. The standard InChI is InChI=1S/C8H13F3NO6P/c9-8(10,11)5(3-6(13)14)19(17,18)2-1-4(12)7(15)16/h4-5H,1-3,12H2,(H,13,14)(H,15,16)(H,17,18)/t4?,5-/m0/s1. The van der Waals surface area contributed by atoms with Gasteiger partial charge in [0.15, 0.2) is 0 Å². The maximum absolute atomic E-state index is 12.5. The molecule has 7 nitrogen and oxygen atoms in total. The van der Waals surface area contributed by atoms with Gasteiger partial charge in [0, 0.05) is 6.16 Å². The molecular formula is C8H13F3NO6P. The highest BCUT2D eigenvalue weighted by Crippen LogP contribution is 2.54. The van der Waals surface area contributed by atoms with Crippen molar-refractivity contribution in [2.24, 2.45) is 5.73 Å². The molecule has 0 aliphatic rings. The van der Waals surface area contributed by atoms with Gasteiger partial charge in [-0.05, 0) is 6.42 Å². The van der Waals surface area contributed by atoms with Gasteiger partial charge in [0.1, 0.15) is 11.7 Å². The van der Waals surface area contributed by atoms with Crippen molar-refractivity contribution in [1.29, 1.82) is 0 Å². The molecule has 2 unspecified atom stereocenters. The largest absolute Gasteiger partial charge is 0.481 e. The van der Waals surface area contributed by atoms with E-state index in [2.05, 4.69) is 0 Å². The van der Waals surface area contributed by atoms with Crippen molar-refractivity contribution in [2.75, 3.05) is 6.16 Å². The van der Waals surface area contributed by atoms with Crippen LogP contribution in [0.3, 0.4) is 0 Å². The molecule has 0 radical (unpaired) electrons. The fraction of sp³-hybridized carbons (Fsp3) is 0.750. The van der Waals surface area contributed by atoms with Crippen molar-refractivity contribution in [3.63, 3.8) is 0 Å². The summed E-state index contributed by atoms with van der Waals surface area (Å²) in [7, 11) is -4.92. The lowest BCUT2D eigenvalue weighted by molar-refractivity contribution is -0.151. The number of carboxylic acids is 2. The highest BCUT2D eigenvalue weighted by molar-refractivity contribution is 7.58. The van der Waals surface area contributed by atoms with Crippen molar-refractivity contribution in [3.05, 3.63) is 0 Å². The van der Waals surface area contributed by atoms with Crippen LogP contribution in [0.1, 0.15) is 12.8 Å². The van der Waals surface area contributed by atoms with Gasteiger partial charge in [-0.15, -0.1) is 0 Å². The minimum absolute atomic E-state index is 0.657. The van der Waals surface area contributed by atoms with Crippen molar-refractivity contribution in [3.8, 4) is 0 Å². The summed E-state index contributed by atoms with van der Waals surface area (Å²) in [5.74, 6) is -3.40. The summed E-state index contributed by atoms with van der Waals surface area (Å²) >= 11 is 0. The van der Waals surface area contributed by atoms with Crippen molar-refractivity contribution >= 4 is 19.3 Å². The summed E-state index contributed by atoms with van der Waals surface area (Å²) in [6.07, 6.45) is -8.40. The third-order valence-electron chi connectivity index (χ3n) is 2.31. The molecule has 112 valence electrons. The van der Waals surface area contributed by atoms with Crippen molar-refractivity contribution in [2.45, 2.75) is 30.7 Å². The van der Waals surface area contributed by atoms with Gasteiger partial charge in [-0.1, -0.05) is 0 Å². The molecule has 0 aromatic rings. The number of halogens is 3. The molecular weight excluding hydrogens is 294 g/mol. The lowest BCUT2D eigenvalue weighted by Crippen LogP contribution is -2.35. The van der Waals surface area contributed by atoms with E-state index in [4.69, 9.17) is 15.9 Å². The first-order valence-electron chi connectivity index (χ1n) is 4.96. The van der Waals surface area contributed by atoms with E-state index in [-0.39, 0.29) is 0 Å². The molecule has 0 rings (SSSR count). The molecule has 0 saturated carbocycles. The van der Waals surface area contributed by atoms with Crippen LogP contribution in [-0.4, -0.2) is 51.1 Å². The zero-order valence-corrected chi connectivity index (χ0v) is 10.4. The van der Waals surface area contributed by atoms with Gasteiger partial charge in [0.2, 0.25) is 7.37 Å². The van der Waals surface area contributed by atoms with Gasteiger partial charge in [-0.3, -0.25) is 14.2 Å². The lowest BCUT2D eigenvalue weighted by Gasteiger charge is -2.24. The number of hydrogen-bond acceptors (Lipinski definition) is 4. The van der Waals surface area contributed by atoms with E-state index < -0.39 is 56.2 Å². The molecule has 5 N–H and O–H groups in total. The zero-order chi connectivity index (χ0) is 15.4. The first-order chi connectivity index (χ1) is 8.38. The van der Waals surface area contributed by atoms with Crippen molar-refractivity contribution in [1.82, 2.24) is 0 Å². The molecule has 0 fully saturated rings. The van der Waals surface area contributed by atoms with Crippen LogP contribution in [0, 0.1) is 0 Å². The van der Waals surface area contributed by atoms with Gasteiger partial charge in [0.25, 0.3) is 0 Å². The Kier molecular flexibility index (Phi) is 5.98. The van der Waals surface area contributed by atoms with E-state index in [1.54, 1.807) is 0 Å². The number of aliphatic carboxylic acids is 2. The van der Waals surface area contributed by atoms with Gasteiger partial charge in [-0.25, -0.2) is 0 Å². The second-order valence-corrected chi connectivity index (χ2v) is 6.45. The van der Waals surface area contributed by atoms with Crippen LogP contribution >= 0.6 is 7.37 Å². The summed E-state index contributed by atoms with van der Waals surface area (Å²) in [4.78, 5) is 30.0. The number of nitrogens with two attached hydrogens (primary N) is 1. The van der Waals surface area contributed by atoms with E-state index in [9.17, 15) is 32.2 Å². The van der Waals surface area contributed by atoms with Gasteiger partial charge < -0.3 is 20.8 Å². The SMILES string of the molecule is NC(CCP(=O)(O)[C@@H](CC(=O)O)C(F)(F)F)C(=O)O. The average molecular weight is 307 g/mol. The number of rotatable bonds is 7. The van der Waals surface area contributed by atoms with Crippen LogP contribution in [0.15, 0.2) is 0 Å². The summed E-state index contributed by atoms with van der Waals surface area (Å²) in [5.41, 5.74) is 2.07. The third-order valence-corrected chi connectivity index (χ3v) is 4.66. The summed E-state index contributed by atoms with van der Waals surface area (Å²) < 4.78 is 49.1. The Morgan fingerprint density at radius 1 is 1.26 bits per heavy atom. The van der Waals surface area contributed by atoms with Crippen LogP contribution in [0.4, 0.5) is 13.2 Å². The predicted octanol–water partition coefficient (Wildman–Crippen LogP) is 0.464. The van der Waals surface area contributed by atoms with Gasteiger partial charge >= 0.3 is 18.1 Å². The molecule has 19 heavy (non-hydrogen) atoms. The molecule has 0 aliphatic carbocycles. The topological polar surface area (TPSA) is 138 Å². The van der Waals surface area contributed by atoms with E-state index >= 15 is 0 Å². The molecule has 0 amide bonds. The average Bonchev–Trinajstić information content (AvgIpc) is 2.20. The second kappa shape index (κ2) is 6.36. The molecule has 11 heteroatoms. The van der Waals surface area contributed by atoms with Crippen LogP contribution in [-0.2, 0) is 14.2 Å². The Labute approximate surface area is 105 Å². The number of hydrogen-bond donors (Lipinski definition) is 4. The molecule has 0 spiro atoms. The third kappa shape index (κ3) is 6.04. The van der Waals surface area contributed by atoms with Gasteiger partial charge in [-0.2, -0.15) is 13.2 Å². The van der Waals surface area contributed by atoms with E-state index in [1.807, 2.05) is 0 Å². The van der Waals surface area contributed by atoms with E-state index in [1.165, 1.54) is 0 Å². The fourth-order valence-electron chi connectivity index (χ4n) is 1.26. The van der Waals surface area contributed by atoms with Crippen molar-refractivity contribution < 1.29 is 42.4 Å². The second-order valence-electron chi connectivity index (χ2n) is 3.87. The monoisotopic (exact) mass is 307 g/mol. The first kappa shape index (κ1) is 17.9. The molecule has 0 bridgehead atoms. The van der Waals surface area contributed by atoms with Crippen LogP contribution in [0.2, 0.25) is 0 Å². The maximum Gasteiger partial charge on any atom is 0.401 e. The molecule has 0 heterocycles. The Morgan fingerprint density at radius 2 is 1.74 bits per heavy atom. The molecule has 0 aromatic heterocycles. The summed E-state index contributed by atoms with van der Waals surface area (Å²) in [6, 6.07) is -1.58. The summed E-state index contributed by atoms with van der Waals surface area (Å²) in [6.45, 7) is 0. The fourth-order valence-corrected chi connectivity index (χ4v) is 3.11. The van der Waals surface area contributed by atoms with Gasteiger partial charge in [0.05, 0.1) is 6.42 Å². The van der Waals surface area contributed by atoms with Crippen LogP contribution < -0.4 is 5.73 Å². The Hall–Kier alpha value is -1.12. The lowest BCUT2D eigenvalue weighted by atomic mass is 10.2. The minimum atomic E-state index is -5.17.